The molecule has 1 unspecified atom stereocenters. The maximum Gasteiger partial charge on any atom is 0.331 e. The summed E-state index contributed by atoms with van der Waals surface area (Å²) in [6.07, 6.45) is 17.8. The molecule has 0 aliphatic rings. The molecule has 4 heteroatoms. The van der Waals surface area contributed by atoms with Crippen molar-refractivity contribution in [2.24, 2.45) is 5.92 Å². The van der Waals surface area contributed by atoms with E-state index in [0.29, 0.717) is 6.42 Å². The van der Waals surface area contributed by atoms with Crippen molar-refractivity contribution in [3.8, 4) is 0 Å². The Balaban J connectivity index is 3.44. The molecule has 0 amide bonds. The highest BCUT2D eigenvalue weighted by atomic mass is 16.4. The summed E-state index contributed by atoms with van der Waals surface area (Å²) in [6, 6.07) is 0. The maximum atomic E-state index is 11.1. The number of carboxylic acids is 2. The largest absolute Gasteiger partial charge is 0.481 e. The van der Waals surface area contributed by atoms with Gasteiger partial charge in [0, 0.05) is 5.57 Å². The molecule has 0 saturated carbocycles. The van der Waals surface area contributed by atoms with Gasteiger partial charge in [0.15, 0.2) is 0 Å². The first-order valence-electron chi connectivity index (χ1n) is 10.2. The third-order valence-corrected chi connectivity index (χ3v) is 4.84. The second kappa shape index (κ2) is 16.2. The Morgan fingerprint density at radius 3 is 1.40 bits per heavy atom. The minimum atomic E-state index is -1.21. The summed E-state index contributed by atoms with van der Waals surface area (Å²) < 4.78 is 0. The Kier molecular flexibility index (Phi) is 15.3. The lowest BCUT2D eigenvalue weighted by Crippen LogP contribution is -2.20. The second-order valence-electron chi connectivity index (χ2n) is 7.11. The fraction of sp³-hybridized carbons (Fsp3) is 0.810. The topological polar surface area (TPSA) is 74.6 Å². The van der Waals surface area contributed by atoms with Crippen LogP contribution in [0.3, 0.4) is 0 Å². The normalized spacial score (nSPS) is 12.0. The molecule has 0 aromatic heterocycles. The van der Waals surface area contributed by atoms with Crippen LogP contribution in [0.1, 0.15) is 103 Å². The van der Waals surface area contributed by atoms with Gasteiger partial charge >= 0.3 is 11.9 Å². The number of unbranched alkanes of at least 4 members (excludes halogenated alkanes) is 13. The summed E-state index contributed by atoms with van der Waals surface area (Å²) in [7, 11) is 0. The van der Waals surface area contributed by atoms with E-state index in [9.17, 15) is 9.59 Å². The van der Waals surface area contributed by atoms with Crippen LogP contribution < -0.4 is 0 Å². The van der Waals surface area contributed by atoms with Crippen molar-refractivity contribution in [2.75, 3.05) is 0 Å². The first-order valence-corrected chi connectivity index (χ1v) is 10.2. The molecule has 4 nitrogen and oxygen atoms in total. The maximum absolute atomic E-state index is 11.1. The lowest BCUT2D eigenvalue weighted by molar-refractivity contribution is -0.144. The molecule has 0 spiro atoms. The Labute approximate surface area is 153 Å². The van der Waals surface area contributed by atoms with Crippen LogP contribution in [-0.4, -0.2) is 22.2 Å². The Bertz CT molecular complexity index is 376. The van der Waals surface area contributed by atoms with Crippen LogP contribution in [0, 0.1) is 5.92 Å². The minimum absolute atomic E-state index is 0.206. The predicted molar refractivity (Wildman–Crippen MR) is 103 cm³/mol. The molecule has 1 atom stereocenters. The zero-order chi connectivity index (χ0) is 18.9. The van der Waals surface area contributed by atoms with E-state index in [1.165, 1.54) is 70.6 Å². The van der Waals surface area contributed by atoms with E-state index in [0.717, 1.165) is 19.3 Å². The number of carbonyl (C=O) groups is 2. The van der Waals surface area contributed by atoms with Crippen molar-refractivity contribution in [3.05, 3.63) is 12.2 Å². The Morgan fingerprint density at radius 2 is 1.08 bits per heavy atom. The highest BCUT2D eigenvalue weighted by Gasteiger charge is 2.24. The lowest BCUT2D eigenvalue weighted by Gasteiger charge is -2.11. The van der Waals surface area contributed by atoms with Gasteiger partial charge in [-0.3, -0.25) is 4.79 Å². The Hall–Kier alpha value is -1.32. The summed E-state index contributed by atoms with van der Waals surface area (Å²) >= 11 is 0. The second-order valence-corrected chi connectivity index (χ2v) is 7.11. The molecule has 0 bridgehead atoms. The highest BCUT2D eigenvalue weighted by Crippen LogP contribution is 2.19. The van der Waals surface area contributed by atoms with Gasteiger partial charge in [-0.2, -0.15) is 0 Å². The zero-order valence-corrected chi connectivity index (χ0v) is 16.1. The van der Waals surface area contributed by atoms with Gasteiger partial charge in [-0.1, -0.05) is 103 Å². The van der Waals surface area contributed by atoms with E-state index in [1.54, 1.807) is 0 Å². The molecule has 25 heavy (non-hydrogen) atoms. The van der Waals surface area contributed by atoms with E-state index in [2.05, 4.69) is 13.5 Å². The summed E-state index contributed by atoms with van der Waals surface area (Å²) in [4.78, 5) is 21.9. The van der Waals surface area contributed by atoms with Crippen LogP contribution in [0.4, 0.5) is 0 Å². The molecule has 0 saturated heterocycles. The van der Waals surface area contributed by atoms with Gasteiger partial charge in [-0.25, -0.2) is 4.79 Å². The minimum Gasteiger partial charge on any atom is -0.481 e. The quantitative estimate of drug-likeness (QED) is 0.227. The van der Waals surface area contributed by atoms with Crippen LogP contribution in [0.25, 0.3) is 0 Å². The molecule has 0 aliphatic carbocycles. The third kappa shape index (κ3) is 13.6. The van der Waals surface area contributed by atoms with E-state index in [4.69, 9.17) is 10.2 Å². The van der Waals surface area contributed by atoms with Gasteiger partial charge in [0.1, 0.15) is 0 Å². The van der Waals surface area contributed by atoms with Crippen LogP contribution in [0.2, 0.25) is 0 Å². The van der Waals surface area contributed by atoms with Crippen molar-refractivity contribution in [1.29, 1.82) is 0 Å². The SMILES string of the molecule is C=C(C(=O)O)C(CCCCCCCCCCCCCCCC)C(=O)O. The van der Waals surface area contributed by atoms with Crippen molar-refractivity contribution in [1.82, 2.24) is 0 Å². The molecule has 146 valence electrons. The van der Waals surface area contributed by atoms with Gasteiger partial charge in [-0.05, 0) is 6.42 Å². The average molecular weight is 355 g/mol. The van der Waals surface area contributed by atoms with Crippen molar-refractivity contribution in [3.63, 3.8) is 0 Å². The number of carboxylic acid groups (broad SMARTS) is 2. The summed E-state index contributed by atoms with van der Waals surface area (Å²) in [5.41, 5.74) is -0.206. The van der Waals surface area contributed by atoms with Crippen LogP contribution >= 0.6 is 0 Å². The first-order chi connectivity index (χ1) is 12.0. The van der Waals surface area contributed by atoms with Crippen LogP contribution in [0.15, 0.2) is 12.2 Å². The molecule has 0 rings (SSSR count). The number of hydrogen-bond donors (Lipinski definition) is 2. The molecular weight excluding hydrogens is 316 g/mol. The molecule has 0 radical (unpaired) electrons. The van der Waals surface area contributed by atoms with Crippen LogP contribution in [-0.2, 0) is 9.59 Å². The number of rotatable bonds is 18. The third-order valence-electron chi connectivity index (χ3n) is 4.84. The molecule has 0 fully saturated rings. The van der Waals surface area contributed by atoms with Crippen LogP contribution in [0.5, 0.6) is 0 Å². The smallest absolute Gasteiger partial charge is 0.331 e. The van der Waals surface area contributed by atoms with Crippen molar-refractivity contribution >= 4 is 11.9 Å². The van der Waals surface area contributed by atoms with Crippen molar-refractivity contribution < 1.29 is 19.8 Å². The predicted octanol–water partition coefficient (Wildman–Crippen LogP) is 6.20. The average Bonchev–Trinajstić information content (AvgIpc) is 2.57. The fourth-order valence-electron chi connectivity index (χ4n) is 3.14. The monoisotopic (exact) mass is 354 g/mol. The molecule has 0 aromatic rings. The van der Waals surface area contributed by atoms with Gasteiger partial charge < -0.3 is 10.2 Å². The van der Waals surface area contributed by atoms with E-state index in [1.807, 2.05) is 0 Å². The first kappa shape index (κ1) is 23.7. The van der Waals surface area contributed by atoms with Gasteiger partial charge in [0.2, 0.25) is 0 Å². The molecule has 2 N–H and O–H groups in total. The summed E-state index contributed by atoms with van der Waals surface area (Å²) in [5, 5.41) is 17.9. The molecular formula is C21H38O4. The standard InChI is InChI=1S/C21H38O4/c1-3-4-5-6-7-8-9-10-11-12-13-14-15-16-17-19(21(24)25)18(2)20(22)23/h19H,2-17H2,1H3,(H,22,23)(H,24,25). The van der Waals surface area contributed by atoms with E-state index in [-0.39, 0.29) is 5.57 Å². The molecule has 0 heterocycles. The fourth-order valence-corrected chi connectivity index (χ4v) is 3.14. The number of hydrogen-bond acceptors (Lipinski definition) is 2. The van der Waals surface area contributed by atoms with E-state index >= 15 is 0 Å². The van der Waals surface area contributed by atoms with Gasteiger partial charge in [-0.15, -0.1) is 0 Å². The summed E-state index contributed by atoms with van der Waals surface area (Å²) in [5.74, 6) is -3.24. The molecule has 0 aliphatic heterocycles. The van der Waals surface area contributed by atoms with Gasteiger partial charge in [0.05, 0.1) is 5.92 Å². The Morgan fingerprint density at radius 1 is 0.720 bits per heavy atom. The lowest BCUT2D eigenvalue weighted by atomic mass is 9.93. The van der Waals surface area contributed by atoms with E-state index < -0.39 is 17.9 Å². The van der Waals surface area contributed by atoms with Gasteiger partial charge in [0.25, 0.3) is 0 Å². The van der Waals surface area contributed by atoms with Crippen molar-refractivity contribution in [2.45, 2.75) is 103 Å². The summed E-state index contributed by atoms with van der Waals surface area (Å²) in [6.45, 7) is 5.63. The highest BCUT2D eigenvalue weighted by molar-refractivity contribution is 5.93. The zero-order valence-electron chi connectivity index (χ0n) is 16.1. The molecule has 0 aromatic carbocycles. The number of aliphatic carboxylic acids is 2.